The second-order valence-corrected chi connectivity index (χ2v) is 11.6. The summed E-state index contributed by atoms with van der Waals surface area (Å²) in [6.07, 6.45) is 1.73. The minimum absolute atomic E-state index is 0.192. The van der Waals surface area contributed by atoms with E-state index < -0.39 is 12.0 Å². The maximum Gasteiger partial charge on any atom is 0.338 e. The summed E-state index contributed by atoms with van der Waals surface area (Å²) in [6.45, 7) is 6.12. The fraction of sp³-hybridized carbons (Fsp3) is 0.242. The number of thiazole rings is 1. The molecule has 4 aromatic rings. The van der Waals surface area contributed by atoms with Gasteiger partial charge in [-0.2, -0.15) is 0 Å². The molecule has 0 fully saturated rings. The molecule has 0 amide bonds. The molecule has 2 aliphatic heterocycles. The zero-order valence-electron chi connectivity index (χ0n) is 24.5. The van der Waals surface area contributed by atoms with E-state index in [1.807, 2.05) is 49.4 Å². The molecule has 3 heterocycles. The quantitative estimate of drug-likeness (QED) is 0.250. The number of aromatic nitrogens is 1. The summed E-state index contributed by atoms with van der Waals surface area (Å²) in [6, 6.07) is 16.1. The van der Waals surface area contributed by atoms with E-state index in [9.17, 15) is 9.59 Å². The van der Waals surface area contributed by atoms with E-state index in [-0.39, 0.29) is 25.6 Å². The van der Waals surface area contributed by atoms with Crippen molar-refractivity contribution in [2.75, 3.05) is 20.5 Å². The van der Waals surface area contributed by atoms with E-state index in [1.165, 1.54) is 18.4 Å². The van der Waals surface area contributed by atoms with Gasteiger partial charge in [-0.25, -0.2) is 9.79 Å². The SMILES string of the molecule is CCOC(=O)C1=C(C)N=c2s/c(=C/c3cc(Cl)c(OCc4ccc5c(c4)OCO5)c(OC)c3)c(=O)n2[C@@H]1c1ccc(C)cc1. The molecule has 3 aromatic carbocycles. The number of aryl methyl sites for hydroxylation is 1. The van der Waals surface area contributed by atoms with Crippen molar-refractivity contribution in [2.45, 2.75) is 33.4 Å². The number of hydrogen-bond acceptors (Lipinski definition) is 9. The minimum Gasteiger partial charge on any atom is -0.493 e. The van der Waals surface area contributed by atoms with Crippen LogP contribution in [0.5, 0.6) is 23.0 Å². The first-order chi connectivity index (χ1) is 21.3. The first-order valence-electron chi connectivity index (χ1n) is 13.9. The fourth-order valence-corrected chi connectivity index (χ4v) is 6.48. The Kier molecular flexibility index (Phi) is 8.20. The highest BCUT2D eigenvalue weighted by Crippen LogP contribution is 2.38. The molecule has 44 heavy (non-hydrogen) atoms. The molecule has 0 unspecified atom stereocenters. The maximum atomic E-state index is 13.9. The van der Waals surface area contributed by atoms with Crippen molar-refractivity contribution in [1.29, 1.82) is 0 Å². The van der Waals surface area contributed by atoms with Crippen LogP contribution in [0.2, 0.25) is 5.02 Å². The van der Waals surface area contributed by atoms with Gasteiger partial charge in [0.25, 0.3) is 5.56 Å². The number of allylic oxidation sites excluding steroid dienone is 1. The first-order valence-corrected chi connectivity index (χ1v) is 15.1. The molecule has 9 nitrogen and oxygen atoms in total. The molecule has 0 saturated heterocycles. The van der Waals surface area contributed by atoms with Gasteiger partial charge >= 0.3 is 5.97 Å². The van der Waals surface area contributed by atoms with Crippen LogP contribution in [0.25, 0.3) is 6.08 Å². The summed E-state index contributed by atoms with van der Waals surface area (Å²) < 4.78 is 29.8. The Labute approximate surface area is 262 Å². The van der Waals surface area contributed by atoms with Gasteiger partial charge in [-0.1, -0.05) is 58.8 Å². The van der Waals surface area contributed by atoms with Gasteiger partial charge in [0.15, 0.2) is 27.8 Å². The number of hydrogen-bond donors (Lipinski definition) is 0. The molecule has 2 aliphatic rings. The van der Waals surface area contributed by atoms with Crippen LogP contribution < -0.4 is 33.8 Å². The molecular weight excluding hydrogens is 604 g/mol. The summed E-state index contributed by atoms with van der Waals surface area (Å²) >= 11 is 7.91. The predicted molar refractivity (Wildman–Crippen MR) is 166 cm³/mol. The van der Waals surface area contributed by atoms with Crippen molar-refractivity contribution in [2.24, 2.45) is 4.99 Å². The molecule has 0 aliphatic carbocycles. The molecule has 226 valence electrons. The fourth-order valence-electron chi connectivity index (χ4n) is 5.16. The molecule has 1 aromatic heterocycles. The topological polar surface area (TPSA) is 97.6 Å². The third kappa shape index (κ3) is 5.58. The van der Waals surface area contributed by atoms with Gasteiger partial charge in [0.1, 0.15) is 6.61 Å². The van der Waals surface area contributed by atoms with Gasteiger partial charge in [-0.3, -0.25) is 9.36 Å². The second kappa shape index (κ2) is 12.2. The molecule has 6 rings (SSSR count). The first kappa shape index (κ1) is 29.5. The van der Waals surface area contributed by atoms with Gasteiger partial charge in [-0.05, 0) is 67.8 Å². The van der Waals surface area contributed by atoms with E-state index in [4.69, 9.17) is 35.3 Å². The zero-order chi connectivity index (χ0) is 31.0. The lowest BCUT2D eigenvalue weighted by atomic mass is 9.95. The Morgan fingerprint density at radius 1 is 1.11 bits per heavy atom. The summed E-state index contributed by atoms with van der Waals surface area (Å²) in [7, 11) is 1.53. The van der Waals surface area contributed by atoms with Crippen LogP contribution in [0.4, 0.5) is 0 Å². The lowest BCUT2D eigenvalue weighted by Gasteiger charge is -2.24. The number of methoxy groups -OCH3 is 1. The number of halogens is 1. The number of fused-ring (bicyclic) bond motifs is 2. The van der Waals surface area contributed by atoms with E-state index in [0.717, 1.165) is 16.7 Å². The molecular formula is C33H29ClN2O7S. The highest BCUT2D eigenvalue weighted by molar-refractivity contribution is 7.07. The summed E-state index contributed by atoms with van der Waals surface area (Å²) in [4.78, 5) is 32.2. The monoisotopic (exact) mass is 632 g/mol. The highest BCUT2D eigenvalue weighted by atomic mass is 35.5. The molecule has 0 saturated carbocycles. The van der Waals surface area contributed by atoms with Crippen LogP contribution in [0, 0.1) is 6.92 Å². The molecule has 0 N–H and O–H groups in total. The lowest BCUT2D eigenvalue weighted by molar-refractivity contribution is -0.139. The van der Waals surface area contributed by atoms with Gasteiger partial charge in [0.05, 0.1) is 40.6 Å². The van der Waals surface area contributed by atoms with Crippen molar-refractivity contribution in [3.63, 3.8) is 0 Å². The van der Waals surface area contributed by atoms with Crippen LogP contribution in [-0.2, 0) is 16.1 Å². The number of ether oxygens (including phenoxy) is 5. The molecule has 1 atom stereocenters. The van der Waals surface area contributed by atoms with Crippen LogP contribution in [0.15, 0.2) is 75.7 Å². The summed E-state index contributed by atoms with van der Waals surface area (Å²) in [5, 5.41) is 0.321. The third-order valence-electron chi connectivity index (χ3n) is 7.28. The average molecular weight is 633 g/mol. The van der Waals surface area contributed by atoms with Crippen LogP contribution >= 0.6 is 22.9 Å². The standard InChI is InChI=1S/C33H29ClN2O7S/c1-5-40-32(38)28-19(3)35-33-36(29(28)22-9-6-18(2)7-10-22)31(37)27(44-33)15-21-12-23(34)30(26(14-21)39-4)41-16-20-8-11-24-25(13-20)43-17-42-24/h6-15,29H,5,16-17H2,1-4H3/b27-15+/t29-/m1/s1. The highest BCUT2D eigenvalue weighted by Gasteiger charge is 2.33. The van der Waals surface area contributed by atoms with Crippen molar-refractivity contribution in [3.8, 4) is 23.0 Å². The average Bonchev–Trinajstić information content (AvgIpc) is 3.59. The van der Waals surface area contributed by atoms with Crippen molar-refractivity contribution in [3.05, 3.63) is 113 Å². The predicted octanol–water partition coefficient (Wildman–Crippen LogP) is 5.08. The Bertz CT molecular complexity index is 1980. The van der Waals surface area contributed by atoms with E-state index >= 15 is 0 Å². The normalized spacial score (nSPS) is 15.6. The third-order valence-corrected chi connectivity index (χ3v) is 8.54. The van der Waals surface area contributed by atoms with E-state index in [1.54, 1.807) is 36.6 Å². The molecule has 0 bridgehead atoms. The van der Waals surface area contributed by atoms with Crippen molar-refractivity contribution < 1.29 is 28.5 Å². The minimum atomic E-state index is -0.682. The number of rotatable bonds is 8. The number of benzene rings is 3. The number of nitrogens with zero attached hydrogens (tertiary/aromatic N) is 2. The Hall–Kier alpha value is -4.54. The molecule has 0 spiro atoms. The zero-order valence-corrected chi connectivity index (χ0v) is 26.1. The Morgan fingerprint density at radius 3 is 2.64 bits per heavy atom. The number of carbonyl (C=O) groups excluding carboxylic acids is 1. The van der Waals surface area contributed by atoms with Crippen molar-refractivity contribution in [1.82, 2.24) is 4.57 Å². The van der Waals surface area contributed by atoms with Crippen LogP contribution in [0.3, 0.4) is 0 Å². The lowest BCUT2D eigenvalue weighted by Crippen LogP contribution is -2.39. The number of esters is 1. The van der Waals surface area contributed by atoms with Gasteiger partial charge < -0.3 is 23.7 Å². The van der Waals surface area contributed by atoms with E-state index in [2.05, 4.69) is 4.99 Å². The van der Waals surface area contributed by atoms with Crippen LogP contribution in [0.1, 0.15) is 42.1 Å². The Morgan fingerprint density at radius 2 is 1.89 bits per heavy atom. The van der Waals surface area contributed by atoms with Gasteiger partial charge in [0.2, 0.25) is 6.79 Å². The van der Waals surface area contributed by atoms with Crippen LogP contribution in [-0.4, -0.2) is 31.0 Å². The molecule has 11 heteroatoms. The maximum absolute atomic E-state index is 13.9. The second-order valence-electron chi connectivity index (χ2n) is 10.2. The van der Waals surface area contributed by atoms with E-state index in [0.29, 0.717) is 54.2 Å². The summed E-state index contributed by atoms with van der Waals surface area (Å²) in [5.74, 6) is 1.64. The largest absolute Gasteiger partial charge is 0.493 e. The van der Waals surface area contributed by atoms with Gasteiger partial charge in [-0.15, -0.1) is 0 Å². The summed E-state index contributed by atoms with van der Waals surface area (Å²) in [5.41, 5.74) is 3.92. The van der Waals surface area contributed by atoms with Crippen molar-refractivity contribution >= 4 is 35.0 Å². The molecule has 0 radical (unpaired) electrons. The number of carbonyl (C=O) groups is 1. The van der Waals surface area contributed by atoms with Gasteiger partial charge in [0, 0.05) is 0 Å². The smallest absolute Gasteiger partial charge is 0.338 e. The Balaban J connectivity index is 1.37.